The Kier molecular flexibility index (Phi) is 9.71. The summed E-state index contributed by atoms with van der Waals surface area (Å²) >= 11 is 6.00. The number of likely N-dealkylation sites (N-methyl/N-ethyl adjacent to an activating group) is 1. The summed E-state index contributed by atoms with van der Waals surface area (Å²) in [5.41, 5.74) is 2.29. The lowest BCUT2D eigenvalue weighted by Gasteiger charge is -2.21. The highest BCUT2D eigenvalue weighted by Crippen LogP contribution is 2.22. The molecule has 2 aromatic carbocycles. The van der Waals surface area contributed by atoms with Gasteiger partial charge in [0.1, 0.15) is 0 Å². The molecule has 6 nitrogen and oxygen atoms in total. The van der Waals surface area contributed by atoms with Crippen LogP contribution in [0.1, 0.15) is 12.0 Å². The lowest BCUT2D eigenvalue weighted by atomic mass is 10.2. The highest BCUT2D eigenvalue weighted by molar-refractivity contribution is 14.0. The smallest absolute Gasteiger partial charge is 0.241 e. The molecule has 1 unspecified atom stereocenters. The van der Waals surface area contributed by atoms with Crippen molar-refractivity contribution in [3.05, 3.63) is 65.2 Å². The zero-order chi connectivity index (χ0) is 20.6. The average Bonchev–Trinajstić information content (AvgIpc) is 3.19. The van der Waals surface area contributed by atoms with Gasteiger partial charge >= 0.3 is 0 Å². The molecular formula is C22H29ClIN5O. The molecule has 2 N–H and O–H groups in total. The first-order chi connectivity index (χ1) is 14.0. The van der Waals surface area contributed by atoms with E-state index >= 15 is 0 Å². The van der Waals surface area contributed by atoms with Gasteiger partial charge in [0.25, 0.3) is 0 Å². The first-order valence-electron chi connectivity index (χ1n) is 9.80. The maximum absolute atomic E-state index is 12.0. The van der Waals surface area contributed by atoms with Crippen molar-refractivity contribution in [3.8, 4) is 0 Å². The molecule has 1 aliphatic heterocycles. The zero-order valence-corrected chi connectivity index (χ0v) is 20.4. The summed E-state index contributed by atoms with van der Waals surface area (Å²) in [7, 11) is 3.50. The van der Waals surface area contributed by atoms with E-state index in [1.807, 2.05) is 54.6 Å². The molecule has 0 aromatic heterocycles. The van der Waals surface area contributed by atoms with E-state index in [1.54, 1.807) is 19.0 Å². The average molecular weight is 542 g/mol. The molecule has 0 saturated carbocycles. The van der Waals surface area contributed by atoms with Gasteiger partial charge in [-0.15, -0.1) is 24.0 Å². The van der Waals surface area contributed by atoms with Crippen molar-refractivity contribution in [1.29, 1.82) is 0 Å². The maximum Gasteiger partial charge on any atom is 0.241 e. The fourth-order valence-corrected chi connectivity index (χ4v) is 3.31. The van der Waals surface area contributed by atoms with Crippen LogP contribution in [-0.4, -0.2) is 56.5 Å². The number of nitrogens with one attached hydrogen (secondary N) is 2. The number of carbonyl (C=O) groups excluding carboxylic acids is 1. The Morgan fingerprint density at radius 3 is 2.53 bits per heavy atom. The molecule has 8 heteroatoms. The molecule has 0 aliphatic carbocycles. The van der Waals surface area contributed by atoms with Crippen LogP contribution in [0, 0.1) is 0 Å². The number of hydrogen-bond donors (Lipinski definition) is 2. The molecule has 1 atom stereocenters. The second-order valence-corrected chi connectivity index (χ2v) is 7.78. The van der Waals surface area contributed by atoms with Gasteiger partial charge in [-0.3, -0.25) is 4.79 Å². The number of hydrogen-bond acceptors (Lipinski definition) is 3. The molecule has 3 rings (SSSR count). The third-order valence-electron chi connectivity index (χ3n) is 4.89. The molecular weight excluding hydrogens is 513 g/mol. The number of aliphatic imine (C=N–C) groups is 1. The standard InChI is InChI=1S/C22H28ClN5O.HI/c1-27(2)21(29)15-25-22(24-14-17-6-4-3-5-7-17)26-19-12-13-28(16-19)20-10-8-18(23)9-11-20;/h3-11,19H,12-16H2,1-2H3,(H2,24,25,26);1H. The van der Waals surface area contributed by atoms with Gasteiger partial charge in [0.2, 0.25) is 5.91 Å². The monoisotopic (exact) mass is 541 g/mol. The largest absolute Gasteiger partial charge is 0.369 e. The predicted molar refractivity (Wildman–Crippen MR) is 135 cm³/mol. The number of guanidine groups is 1. The van der Waals surface area contributed by atoms with Crippen molar-refractivity contribution in [3.63, 3.8) is 0 Å². The van der Waals surface area contributed by atoms with Crippen LogP contribution < -0.4 is 15.5 Å². The normalized spacial score (nSPS) is 16.0. The lowest BCUT2D eigenvalue weighted by Crippen LogP contribution is -2.47. The van der Waals surface area contributed by atoms with Crippen LogP contribution in [0.15, 0.2) is 59.6 Å². The van der Waals surface area contributed by atoms with E-state index in [9.17, 15) is 4.79 Å². The molecule has 0 spiro atoms. The highest BCUT2D eigenvalue weighted by Gasteiger charge is 2.23. The van der Waals surface area contributed by atoms with Crippen LogP contribution in [0.4, 0.5) is 5.69 Å². The van der Waals surface area contributed by atoms with Crippen LogP contribution >= 0.6 is 35.6 Å². The molecule has 30 heavy (non-hydrogen) atoms. The van der Waals surface area contributed by atoms with Gasteiger partial charge in [-0.25, -0.2) is 4.99 Å². The molecule has 1 saturated heterocycles. The molecule has 1 heterocycles. The summed E-state index contributed by atoms with van der Waals surface area (Å²) < 4.78 is 0. The minimum absolute atomic E-state index is 0. The summed E-state index contributed by atoms with van der Waals surface area (Å²) in [5.74, 6) is 0.667. The number of halogens is 2. The minimum Gasteiger partial charge on any atom is -0.369 e. The summed E-state index contributed by atoms with van der Waals surface area (Å²) in [4.78, 5) is 20.6. The van der Waals surface area contributed by atoms with Crippen LogP contribution in [0.5, 0.6) is 0 Å². The van der Waals surface area contributed by atoms with Gasteiger partial charge in [-0.2, -0.15) is 0 Å². The first kappa shape index (κ1) is 24.3. The van der Waals surface area contributed by atoms with E-state index in [1.165, 1.54) is 0 Å². The number of nitrogens with zero attached hydrogens (tertiary/aromatic N) is 3. The Morgan fingerprint density at radius 2 is 1.87 bits per heavy atom. The van der Waals surface area contributed by atoms with Gasteiger partial charge in [0.05, 0.1) is 13.1 Å². The zero-order valence-electron chi connectivity index (χ0n) is 17.3. The predicted octanol–water partition coefficient (Wildman–Crippen LogP) is 3.36. The summed E-state index contributed by atoms with van der Waals surface area (Å²) in [6, 6.07) is 18.3. The minimum atomic E-state index is 0. The molecule has 162 valence electrons. The Hall–Kier alpha value is -2.00. The number of amides is 1. The van der Waals surface area contributed by atoms with Crippen molar-refractivity contribution in [1.82, 2.24) is 15.5 Å². The van der Waals surface area contributed by atoms with Crippen molar-refractivity contribution >= 4 is 53.1 Å². The van der Waals surface area contributed by atoms with E-state index in [4.69, 9.17) is 11.6 Å². The second kappa shape index (κ2) is 12.0. The number of anilines is 1. The van der Waals surface area contributed by atoms with Crippen molar-refractivity contribution in [2.75, 3.05) is 38.6 Å². The van der Waals surface area contributed by atoms with Crippen LogP contribution in [0.25, 0.3) is 0 Å². The van der Waals surface area contributed by atoms with E-state index < -0.39 is 0 Å². The van der Waals surface area contributed by atoms with E-state index in [-0.39, 0.29) is 42.5 Å². The quantitative estimate of drug-likeness (QED) is 0.335. The highest BCUT2D eigenvalue weighted by atomic mass is 127. The molecule has 0 radical (unpaired) electrons. The van der Waals surface area contributed by atoms with E-state index in [2.05, 4.69) is 20.5 Å². The van der Waals surface area contributed by atoms with Crippen LogP contribution in [0.2, 0.25) is 5.02 Å². The van der Waals surface area contributed by atoms with Crippen molar-refractivity contribution < 1.29 is 4.79 Å². The SMILES string of the molecule is CN(C)C(=O)CNC(=NCc1ccccc1)NC1CCN(c2ccc(Cl)cc2)C1.I. The van der Waals surface area contributed by atoms with Crippen LogP contribution in [0.3, 0.4) is 0 Å². The van der Waals surface area contributed by atoms with E-state index in [0.717, 1.165) is 35.8 Å². The van der Waals surface area contributed by atoms with Gasteiger partial charge in [0.15, 0.2) is 5.96 Å². The van der Waals surface area contributed by atoms with Gasteiger partial charge < -0.3 is 20.4 Å². The number of carbonyl (C=O) groups is 1. The van der Waals surface area contributed by atoms with Crippen LogP contribution in [-0.2, 0) is 11.3 Å². The molecule has 1 amide bonds. The third kappa shape index (κ3) is 7.36. The maximum atomic E-state index is 12.0. The summed E-state index contributed by atoms with van der Waals surface area (Å²) in [6.45, 7) is 2.60. The topological polar surface area (TPSA) is 60.0 Å². The molecule has 1 fully saturated rings. The Bertz CT molecular complexity index is 829. The van der Waals surface area contributed by atoms with Gasteiger partial charge in [-0.05, 0) is 36.2 Å². The fraction of sp³-hybridized carbons (Fsp3) is 0.364. The summed E-state index contributed by atoms with van der Waals surface area (Å²) in [6.07, 6.45) is 0.996. The first-order valence-corrected chi connectivity index (χ1v) is 10.2. The second-order valence-electron chi connectivity index (χ2n) is 7.34. The summed E-state index contributed by atoms with van der Waals surface area (Å²) in [5, 5.41) is 7.41. The molecule has 2 aromatic rings. The van der Waals surface area contributed by atoms with Gasteiger partial charge in [-0.1, -0.05) is 41.9 Å². The number of rotatable bonds is 6. The Balaban J connectivity index is 0.00000320. The third-order valence-corrected chi connectivity index (χ3v) is 5.14. The number of benzene rings is 2. The Labute approximate surface area is 200 Å². The van der Waals surface area contributed by atoms with Crippen molar-refractivity contribution in [2.24, 2.45) is 4.99 Å². The Morgan fingerprint density at radius 1 is 1.17 bits per heavy atom. The van der Waals surface area contributed by atoms with Gasteiger partial charge in [0, 0.05) is 43.9 Å². The van der Waals surface area contributed by atoms with E-state index in [0.29, 0.717) is 12.5 Å². The van der Waals surface area contributed by atoms with Crippen molar-refractivity contribution in [2.45, 2.75) is 19.0 Å². The molecule has 0 bridgehead atoms. The lowest BCUT2D eigenvalue weighted by molar-refractivity contribution is -0.127. The molecule has 1 aliphatic rings. The fourth-order valence-electron chi connectivity index (χ4n) is 3.18.